The van der Waals surface area contributed by atoms with Gasteiger partial charge in [-0.25, -0.2) is 14.3 Å². The second kappa shape index (κ2) is 24.9. The number of carbonyl (C=O) groups excluding carboxylic acids is 8. The number of ether oxygens (including phenoxy) is 7. The van der Waals surface area contributed by atoms with Crippen LogP contribution in [0.1, 0.15) is 118 Å². The number of hydrogen-bond donors (Lipinski definition) is 7. The largest absolute Gasteiger partial charge is 0.455 e. The van der Waals surface area contributed by atoms with Gasteiger partial charge in [-0.05, 0) is 67.7 Å². The van der Waals surface area contributed by atoms with Crippen LogP contribution in [0, 0.1) is 16.7 Å². The van der Waals surface area contributed by atoms with Gasteiger partial charge in [-0.3, -0.25) is 28.8 Å². The van der Waals surface area contributed by atoms with E-state index in [4.69, 9.17) is 33.2 Å². The van der Waals surface area contributed by atoms with Crippen molar-refractivity contribution in [2.45, 2.75) is 165 Å². The van der Waals surface area contributed by atoms with E-state index in [1.54, 1.807) is 66.7 Å². The molecule has 86 heavy (non-hydrogen) atoms. The number of esters is 5. The molecule has 460 valence electrons. The van der Waals surface area contributed by atoms with Crippen LogP contribution in [0.5, 0.6) is 0 Å². The summed E-state index contributed by atoms with van der Waals surface area (Å²) in [5.74, 6) is -8.87. The first-order chi connectivity index (χ1) is 40.8. The third-order valence-corrected chi connectivity index (χ3v) is 17.6. The van der Waals surface area contributed by atoms with Crippen molar-refractivity contribution in [3.8, 4) is 0 Å². The van der Waals surface area contributed by atoms with Crippen molar-refractivity contribution in [3.05, 3.63) is 131 Å². The van der Waals surface area contributed by atoms with Crippen molar-refractivity contribution < 1.29 is 97.0 Å². The number of fused-ring (bicyclic) bond motifs is 5. The highest BCUT2D eigenvalue weighted by Gasteiger charge is 2.78. The number of Topliss-reactive ketones (excluding diaryl/α,β-unsaturated/α-hetero) is 1. The molecule has 25 heteroatoms. The zero-order chi connectivity index (χ0) is 62.2. The summed E-state index contributed by atoms with van der Waals surface area (Å²) in [5.41, 5.74) is -7.61. The van der Waals surface area contributed by atoms with Gasteiger partial charge in [0.25, 0.3) is 5.91 Å². The summed E-state index contributed by atoms with van der Waals surface area (Å²) in [6.45, 7) is 8.22. The predicted molar refractivity (Wildman–Crippen MR) is 295 cm³/mol. The number of aliphatic hydroxyl groups excluding tert-OH is 4. The van der Waals surface area contributed by atoms with Crippen LogP contribution in [0.25, 0.3) is 0 Å². The van der Waals surface area contributed by atoms with E-state index in [9.17, 15) is 54.3 Å². The van der Waals surface area contributed by atoms with Crippen molar-refractivity contribution in [1.29, 1.82) is 0 Å². The fourth-order valence-corrected chi connectivity index (χ4v) is 13.2. The minimum atomic E-state index is -2.53. The Balaban J connectivity index is 1.10. The summed E-state index contributed by atoms with van der Waals surface area (Å²) in [4.78, 5) is 113. The van der Waals surface area contributed by atoms with Crippen LogP contribution >= 0.6 is 0 Å². The fraction of sp³-hybridized carbons (Fsp3) is 0.508. The number of ketones is 1. The zero-order valence-corrected chi connectivity index (χ0v) is 48.4. The first-order valence-electron chi connectivity index (χ1n) is 28.3. The Morgan fingerprint density at radius 3 is 2.07 bits per heavy atom. The molecule has 0 unspecified atom stereocenters. The Bertz CT molecular complexity index is 3250. The molecule has 7 N–H and O–H groups in total. The van der Waals surface area contributed by atoms with Gasteiger partial charge in [0.05, 0.1) is 48.1 Å². The first-order valence-corrected chi connectivity index (χ1v) is 28.3. The number of carbonyl (C=O) groups is 8. The van der Waals surface area contributed by atoms with E-state index in [0.717, 1.165) is 13.8 Å². The number of nitrogens with one attached hydrogen (secondary N) is 2. The molecular weight excluding hydrogens is 1120 g/mol. The Morgan fingerprint density at radius 2 is 1.48 bits per heavy atom. The van der Waals surface area contributed by atoms with Crippen molar-refractivity contribution in [1.82, 2.24) is 25.6 Å². The molecular formula is C61H71N5O20. The third kappa shape index (κ3) is 11.7. The predicted octanol–water partition coefficient (Wildman–Crippen LogP) is 2.02. The highest BCUT2D eigenvalue weighted by molar-refractivity contribution is 5.96. The molecule has 4 aromatic rings. The first kappa shape index (κ1) is 62.7. The summed E-state index contributed by atoms with van der Waals surface area (Å²) in [6.07, 6.45) is -15.8. The van der Waals surface area contributed by atoms with Crippen LogP contribution in [0.2, 0.25) is 0 Å². The Morgan fingerprint density at radius 1 is 0.837 bits per heavy atom. The molecule has 9 rings (SSSR count). The fourth-order valence-electron chi connectivity index (χ4n) is 13.2. The van der Waals surface area contributed by atoms with E-state index in [0.29, 0.717) is 0 Å². The lowest BCUT2D eigenvalue weighted by atomic mass is 9.44. The van der Waals surface area contributed by atoms with Crippen molar-refractivity contribution in [2.24, 2.45) is 16.7 Å². The van der Waals surface area contributed by atoms with E-state index < -0.39 is 168 Å². The van der Waals surface area contributed by atoms with E-state index in [2.05, 4.69) is 20.9 Å². The van der Waals surface area contributed by atoms with Crippen LogP contribution in [-0.4, -0.2) is 173 Å². The Labute approximate surface area is 494 Å². The van der Waals surface area contributed by atoms with Gasteiger partial charge in [0.1, 0.15) is 54.3 Å². The van der Waals surface area contributed by atoms with Gasteiger partial charge in [-0.2, -0.15) is 0 Å². The SMILES string of the molecule is CC(=O)N[C@@H]1[C@@H](O)[C@@H](O)[C@@H](CO)O[C@H]1n1cc(CCCC(=O)O[C@@H](C(=O)O[C@H]2C[C@@]3(O)[C@@H](OC(=O)c4ccccc4)[C@@H]4[C@]5(OC(C)=O)CO[C@@H]5C[C@H](O)[C@@]4(C)C(=O)[C@H](OC(C)=O)C(=C2C)C3(C)C)[C@@H](NC(=O)c2ccccc2)c2ccccc2)nn1. The second-order valence-corrected chi connectivity index (χ2v) is 23.3. The number of amides is 2. The quantitative estimate of drug-likeness (QED) is 0.0426. The van der Waals surface area contributed by atoms with Crippen molar-refractivity contribution >= 4 is 47.4 Å². The molecule has 2 amide bonds. The van der Waals surface area contributed by atoms with Crippen LogP contribution in [0.4, 0.5) is 0 Å². The Hall–Kier alpha value is -7.78. The average molecular weight is 1190 g/mol. The number of hydrogen-bond acceptors (Lipinski definition) is 22. The van der Waals surface area contributed by atoms with Gasteiger partial charge >= 0.3 is 29.8 Å². The van der Waals surface area contributed by atoms with Gasteiger partial charge < -0.3 is 69.3 Å². The van der Waals surface area contributed by atoms with Gasteiger partial charge in [-0.1, -0.05) is 85.8 Å². The highest BCUT2D eigenvalue weighted by Crippen LogP contribution is 2.64. The maximum Gasteiger partial charge on any atom is 0.350 e. The zero-order valence-electron chi connectivity index (χ0n) is 48.4. The maximum absolute atomic E-state index is 15.9. The van der Waals surface area contributed by atoms with Gasteiger partial charge in [0.2, 0.25) is 12.0 Å². The second-order valence-electron chi connectivity index (χ2n) is 23.3. The lowest BCUT2D eigenvalue weighted by Gasteiger charge is -2.67. The van der Waals surface area contributed by atoms with E-state index in [1.165, 1.54) is 69.8 Å². The molecule has 0 spiro atoms. The van der Waals surface area contributed by atoms with Gasteiger partial charge in [0.15, 0.2) is 23.7 Å². The molecule has 2 bridgehead atoms. The van der Waals surface area contributed by atoms with Crippen molar-refractivity contribution in [2.75, 3.05) is 13.2 Å². The van der Waals surface area contributed by atoms with E-state index in [-0.39, 0.29) is 59.4 Å². The molecule has 25 nitrogen and oxygen atoms in total. The molecule has 3 aliphatic carbocycles. The topological polar surface area (TPSA) is 357 Å². The molecule has 3 heterocycles. The molecule has 2 saturated carbocycles. The number of rotatable bonds is 18. The number of aromatic nitrogens is 3. The molecule has 2 aliphatic heterocycles. The normalized spacial score (nSPS) is 31.5. The molecule has 5 aliphatic rings. The van der Waals surface area contributed by atoms with Crippen LogP contribution < -0.4 is 10.6 Å². The third-order valence-electron chi connectivity index (χ3n) is 17.6. The summed E-state index contributed by atoms with van der Waals surface area (Å²) in [5, 5.41) is 71.3. The lowest BCUT2D eigenvalue weighted by Crippen LogP contribution is -2.82. The van der Waals surface area contributed by atoms with Gasteiger partial charge in [-0.15, -0.1) is 5.10 Å². The maximum atomic E-state index is 15.9. The van der Waals surface area contributed by atoms with Gasteiger partial charge in [0, 0.05) is 51.0 Å². The minimum Gasteiger partial charge on any atom is -0.455 e. The highest BCUT2D eigenvalue weighted by atomic mass is 16.6. The van der Waals surface area contributed by atoms with E-state index >= 15 is 9.59 Å². The van der Waals surface area contributed by atoms with E-state index in [1.807, 2.05) is 0 Å². The number of aryl methyl sites for hydroxylation is 1. The molecule has 2 saturated heterocycles. The number of nitrogens with zero attached hydrogens (tertiary/aromatic N) is 3. The van der Waals surface area contributed by atoms with Crippen LogP contribution in [-0.2, 0) is 68.3 Å². The lowest BCUT2D eigenvalue weighted by molar-refractivity contribution is -0.346. The monoisotopic (exact) mass is 1190 g/mol. The number of benzene rings is 3. The standard InChI is InChI=1S/C61H71N5O20/c1-31-39(27-61(79)53(85-56(77)37-22-15-10-16-23-37)51-59(7,41(71)26-42-60(51,30-80-42)86-34(4)70)52(75)49(81-33(3)69)44(31)58(61,5)6)83-57(78)50(45(35-18-11-8-12-19-35)63-54(76)36-20-13-9-14-21-36)84-43(72)25-17-24-38-28-66(65-64-38)55-46(62-32(2)68)48(74)47(73)40(29-67)82-55/h8-16,18-23,28,39-42,45-51,53,55,67,71,73-74,79H,17,24-27,29-30H2,1-7H3,(H,62,68)(H,63,76)/t39-,40+,41-,42+,45-,46+,47-,48+,49+,50+,51-,53-,55+,59+,60-,61+/m0/s1. The minimum absolute atomic E-state index is 0.00699. The summed E-state index contributed by atoms with van der Waals surface area (Å²) >= 11 is 0. The molecule has 1 aromatic heterocycles. The molecule has 0 radical (unpaired) electrons. The summed E-state index contributed by atoms with van der Waals surface area (Å²) < 4.78 is 44.1. The average Bonchev–Trinajstić information content (AvgIpc) is 0.725. The smallest absolute Gasteiger partial charge is 0.350 e. The van der Waals surface area contributed by atoms with Crippen molar-refractivity contribution in [3.63, 3.8) is 0 Å². The number of aliphatic hydroxyl groups is 5. The molecule has 4 fully saturated rings. The van der Waals surface area contributed by atoms with Crippen LogP contribution in [0.15, 0.2) is 108 Å². The summed E-state index contributed by atoms with van der Waals surface area (Å²) in [6, 6.07) is 21.0. The van der Waals surface area contributed by atoms with Crippen LogP contribution in [0.3, 0.4) is 0 Å². The Kier molecular flexibility index (Phi) is 18.2. The molecule has 3 aromatic carbocycles. The summed E-state index contributed by atoms with van der Waals surface area (Å²) in [7, 11) is 0. The molecule has 16 atom stereocenters.